The molecule has 0 saturated carbocycles. The molecule has 6 heteroatoms. The second-order valence-electron chi connectivity index (χ2n) is 5.52. The SMILES string of the molecule is CNC(=O)C1CCCCN1C(=O)Cc1noc2ccccc12. The lowest BCUT2D eigenvalue weighted by molar-refractivity contribution is -0.141. The number of carbonyl (C=O) groups excluding carboxylic acids is 2. The molecular formula is C16H19N3O3. The van der Waals surface area contributed by atoms with Gasteiger partial charge in [0.15, 0.2) is 5.58 Å². The second-order valence-corrected chi connectivity index (χ2v) is 5.52. The maximum Gasteiger partial charge on any atom is 0.242 e. The number of piperidine rings is 1. The second kappa shape index (κ2) is 6.17. The van der Waals surface area contributed by atoms with E-state index in [1.54, 1.807) is 11.9 Å². The molecule has 0 aliphatic carbocycles. The molecule has 1 aromatic heterocycles. The van der Waals surface area contributed by atoms with Gasteiger partial charge in [-0.2, -0.15) is 0 Å². The number of carbonyl (C=O) groups is 2. The fraction of sp³-hybridized carbons (Fsp3) is 0.438. The Morgan fingerprint density at radius 2 is 2.18 bits per heavy atom. The van der Waals surface area contributed by atoms with Crippen LogP contribution in [0.1, 0.15) is 25.0 Å². The Morgan fingerprint density at radius 3 is 3.00 bits per heavy atom. The highest BCUT2D eigenvalue weighted by atomic mass is 16.5. The standard InChI is InChI=1S/C16H19N3O3/c1-17-16(21)13-7-4-5-9-19(13)15(20)10-12-11-6-2-3-8-14(11)22-18-12/h2-3,6,8,13H,4-5,7,9-10H2,1H3,(H,17,21). The molecule has 1 aliphatic rings. The van der Waals surface area contributed by atoms with Gasteiger partial charge in [-0.3, -0.25) is 9.59 Å². The molecular weight excluding hydrogens is 282 g/mol. The van der Waals surface area contributed by atoms with Gasteiger partial charge in [-0.05, 0) is 31.4 Å². The van der Waals surface area contributed by atoms with Crippen LogP contribution in [0.25, 0.3) is 11.0 Å². The van der Waals surface area contributed by atoms with E-state index in [-0.39, 0.29) is 24.3 Å². The van der Waals surface area contributed by atoms with Crippen LogP contribution in [-0.2, 0) is 16.0 Å². The molecule has 2 aromatic rings. The largest absolute Gasteiger partial charge is 0.357 e. The quantitative estimate of drug-likeness (QED) is 0.932. The van der Waals surface area contributed by atoms with Gasteiger partial charge in [-0.1, -0.05) is 17.3 Å². The van der Waals surface area contributed by atoms with E-state index >= 15 is 0 Å². The Morgan fingerprint density at radius 1 is 1.36 bits per heavy atom. The van der Waals surface area contributed by atoms with Gasteiger partial charge < -0.3 is 14.7 Å². The van der Waals surface area contributed by atoms with Gasteiger partial charge in [0.2, 0.25) is 11.8 Å². The number of nitrogens with zero attached hydrogens (tertiary/aromatic N) is 2. The van der Waals surface area contributed by atoms with Crippen molar-refractivity contribution < 1.29 is 14.1 Å². The van der Waals surface area contributed by atoms with Crippen molar-refractivity contribution in [2.75, 3.05) is 13.6 Å². The third-order valence-electron chi connectivity index (χ3n) is 4.14. The van der Waals surface area contributed by atoms with E-state index in [4.69, 9.17) is 4.52 Å². The summed E-state index contributed by atoms with van der Waals surface area (Å²) in [6.07, 6.45) is 2.77. The van der Waals surface area contributed by atoms with E-state index < -0.39 is 0 Å². The van der Waals surface area contributed by atoms with Crippen molar-refractivity contribution in [1.29, 1.82) is 0 Å². The molecule has 3 rings (SSSR count). The zero-order valence-electron chi connectivity index (χ0n) is 12.5. The maximum atomic E-state index is 12.6. The van der Waals surface area contributed by atoms with Gasteiger partial charge in [-0.25, -0.2) is 0 Å². The van der Waals surface area contributed by atoms with Crippen molar-refractivity contribution in [3.05, 3.63) is 30.0 Å². The van der Waals surface area contributed by atoms with E-state index in [0.29, 0.717) is 24.2 Å². The van der Waals surface area contributed by atoms with Gasteiger partial charge in [-0.15, -0.1) is 0 Å². The molecule has 1 unspecified atom stereocenters. The molecule has 116 valence electrons. The van der Waals surface area contributed by atoms with Crippen molar-refractivity contribution in [3.8, 4) is 0 Å². The highest BCUT2D eigenvalue weighted by molar-refractivity contribution is 5.90. The van der Waals surface area contributed by atoms with Crippen LogP contribution in [0.15, 0.2) is 28.8 Å². The molecule has 0 bridgehead atoms. The van der Waals surface area contributed by atoms with E-state index in [9.17, 15) is 9.59 Å². The van der Waals surface area contributed by atoms with Gasteiger partial charge in [0.05, 0.1) is 6.42 Å². The van der Waals surface area contributed by atoms with Crippen LogP contribution < -0.4 is 5.32 Å². The fourth-order valence-electron chi connectivity index (χ4n) is 2.98. The lowest BCUT2D eigenvalue weighted by Gasteiger charge is -2.34. The fourth-order valence-corrected chi connectivity index (χ4v) is 2.98. The maximum absolute atomic E-state index is 12.6. The van der Waals surface area contributed by atoms with Crippen molar-refractivity contribution in [3.63, 3.8) is 0 Å². The van der Waals surface area contributed by atoms with Gasteiger partial charge >= 0.3 is 0 Å². The Hall–Kier alpha value is -2.37. The van der Waals surface area contributed by atoms with Crippen LogP contribution in [0.5, 0.6) is 0 Å². The Balaban J connectivity index is 1.79. The number of hydrogen-bond donors (Lipinski definition) is 1. The summed E-state index contributed by atoms with van der Waals surface area (Å²) in [5, 5.41) is 7.49. The van der Waals surface area contributed by atoms with Crippen molar-refractivity contribution in [2.24, 2.45) is 0 Å². The average molecular weight is 301 g/mol. The summed E-state index contributed by atoms with van der Waals surface area (Å²) < 4.78 is 5.23. The minimum Gasteiger partial charge on any atom is -0.357 e. The van der Waals surface area contributed by atoms with Crippen LogP contribution in [0.3, 0.4) is 0 Å². The first kappa shape index (κ1) is 14.6. The van der Waals surface area contributed by atoms with Gasteiger partial charge in [0.1, 0.15) is 11.7 Å². The summed E-state index contributed by atoms with van der Waals surface area (Å²) in [5.74, 6) is -0.176. The van der Waals surface area contributed by atoms with Crippen LogP contribution in [0, 0.1) is 0 Å². The number of likely N-dealkylation sites (tertiary alicyclic amines) is 1. The minimum absolute atomic E-state index is 0.0765. The summed E-state index contributed by atoms with van der Waals surface area (Å²) in [6, 6.07) is 7.10. The summed E-state index contributed by atoms with van der Waals surface area (Å²) in [5.41, 5.74) is 1.30. The predicted molar refractivity (Wildman–Crippen MR) is 81.1 cm³/mol. The minimum atomic E-state index is -0.371. The van der Waals surface area contributed by atoms with Crippen molar-refractivity contribution in [1.82, 2.24) is 15.4 Å². The topological polar surface area (TPSA) is 75.4 Å². The first-order valence-electron chi connectivity index (χ1n) is 7.55. The zero-order chi connectivity index (χ0) is 15.5. The normalized spacial score (nSPS) is 18.4. The van der Waals surface area contributed by atoms with E-state index in [1.165, 1.54) is 0 Å². The smallest absolute Gasteiger partial charge is 0.242 e. The van der Waals surface area contributed by atoms with Crippen LogP contribution in [0.4, 0.5) is 0 Å². The summed E-state index contributed by atoms with van der Waals surface area (Å²) in [4.78, 5) is 26.2. The molecule has 0 radical (unpaired) electrons. The van der Waals surface area contributed by atoms with E-state index in [1.807, 2.05) is 24.3 Å². The number of likely N-dealkylation sites (N-methyl/N-ethyl adjacent to an activating group) is 1. The van der Waals surface area contributed by atoms with Crippen LogP contribution in [0.2, 0.25) is 0 Å². The van der Waals surface area contributed by atoms with Gasteiger partial charge in [0, 0.05) is 19.0 Å². The Kier molecular flexibility index (Phi) is 4.09. The molecule has 1 saturated heterocycles. The average Bonchev–Trinajstić information content (AvgIpc) is 2.97. The van der Waals surface area contributed by atoms with Crippen LogP contribution >= 0.6 is 0 Å². The molecule has 1 N–H and O–H groups in total. The number of fused-ring (bicyclic) bond motifs is 1. The lowest BCUT2D eigenvalue weighted by atomic mass is 10.0. The van der Waals surface area contributed by atoms with Crippen LogP contribution in [-0.4, -0.2) is 41.5 Å². The van der Waals surface area contributed by atoms with Crippen molar-refractivity contribution >= 4 is 22.8 Å². The Labute approximate surface area is 128 Å². The molecule has 1 aromatic carbocycles. The summed E-state index contributed by atoms with van der Waals surface area (Å²) in [7, 11) is 1.60. The number of rotatable bonds is 3. The predicted octanol–water partition coefficient (Wildman–Crippen LogP) is 1.50. The summed E-state index contributed by atoms with van der Waals surface area (Å²) in [6.45, 7) is 0.618. The first-order valence-corrected chi connectivity index (χ1v) is 7.55. The number of hydrogen-bond acceptors (Lipinski definition) is 4. The summed E-state index contributed by atoms with van der Waals surface area (Å²) >= 11 is 0. The molecule has 22 heavy (non-hydrogen) atoms. The zero-order valence-corrected chi connectivity index (χ0v) is 12.5. The molecule has 1 fully saturated rings. The number of aromatic nitrogens is 1. The number of benzene rings is 1. The van der Waals surface area contributed by atoms with Gasteiger partial charge in [0.25, 0.3) is 0 Å². The monoisotopic (exact) mass is 301 g/mol. The molecule has 1 aliphatic heterocycles. The highest BCUT2D eigenvalue weighted by Gasteiger charge is 2.31. The lowest BCUT2D eigenvalue weighted by Crippen LogP contribution is -2.51. The third kappa shape index (κ3) is 2.68. The number of para-hydroxylation sites is 1. The highest BCUT2D eigenvalue weighted by Crippen LogP contribution is 2.22. The molecule has 2 amide bonds. The molecule has 2 heterocycles. The Bertz CT molecular complexity index is 695. The molecule has 1 atom stereocenters. The molecule has 0 spiro atoms. The number of nitrogens with one attached hydrogen (secondary N) is 1. The number of amides is 2. The van der Waals surface area contributed by atoms with Crippen molar-refractivity contribution in [2.45, 2.75) is 31.7 Å². The van der Waals surface area contributed by atoms with E-state index in [0.717, 1.165) is 18.2 Å². The first-order chi connectivity index (χ1) is 10.7. The van der Waals surface area contributed by atoms with E-state index in [2.05, 4.69) is 10.5 Å². The third-order valence-corrected chi connectivity index (χ3v) is 4.14. The molecule has 6 nitrogen and oxygen atoms in total.